The van der Waals surface area contributed by atoms with Crippen molar-refractivity contribution in [2.75, 3.05) is 23.7 Å². The summed E-state index contributed by atoms with van der Waals surface area (Å²) in [5, 5.41) is 8.89. The maximum absolute atomic E-state index is 12.1. The van der Waals surface area contributed by atoms with Crippen molar-refractivity contribution in [3.63, 3.8) is 0 Å². The van der Waals surface area contributed by atoms with E-state index in [-0.39, 0.29) is 18.4 Å². The fourth-order valence-electron chi connectivity index (χ4n) is 2.80. The molecule has 2 aromatic carbocycles. The van der Waals surface area contributed by atoms with E-state index < -0.39 is 0 Å². The van der Waals surface area contributed by atoms with Crippen LogP contribution in [-0.2, 0) is 4.79 Å². The molecule has 2 aromatic rings. The lowest BCUT2D eigenvalue weighted by Crippen LogP contribution is -2.24. The number of amides is 2. The lowest BCUT2D eigenvalue weighted by Gasteiger charge is -2.10. The van der Waals surface area contributed by atoms with Crippen LogP contribution < -0.4 is 16.0 Å². The molecule has 0 unspecified atom stereocenters. The van der Waals surface area contributed by atoms with Crippen molar-refractivity contribution in [1.82, 2.24) is 5.32 Å². The third kappa shape index (κ3) is 7.06. The smallest absolute Gasteiger partial charge is 0.251 e. The molecule has 0 aliphatic heterocycles. The van der Waals surface area contributed by atoms with Crippen LogP contribution in [0, 0.1) is 13.8 Å². The number of anilines is 2. The first-order valence-electron chi connectivity index (χ1n) is 9.99. The third-order valence-electron chi connectivity index (χ3n) is 4.71. The number of hydrogen-bond acceptors (Lipinski definition) is 3. The Labute approximate surface area is 167 Å². The van der Waals surface area contributed by atoms with Gasteiger partial charge in [0.25, 0.3) is 5.91 Å². The Hall–Kier alpha value is -2.82. The number of benzene rings is 2. The van der Waals surface area contributed by atoms with E-state index in [1.807, 2.05) is 25.1 Å². The van der Waals surface area contributed by atoms with Crippen LogP contribution in [0.4, 0.5) is 11.4 Å². The van der Waals surface area contributed by atoms with E-state index in [0.717, 1.165) is 18.5 Å². The van der Waals surface area contributed by atoms with E-state index in [1.54, 1.807) is 24.3 Å². The number of carbonyl (C=O) groups is 2. The summed E-state index contributed by atoms with van der Waals surface area (Å²) in [5.41, 5.74) is 4.60. The van der Waals surface area contributed by atoms with Crippen LogP contribution in [0.1, 0.15) is 54.1 Å². The Bertz CT molecular complexity index is 785. The molecule has 28 heavy (non-hydrogen) atoms. The number of hydrogen-bond donors (Lipinski definition) is 3. The maximum Gasteiger partial charge on any atom is 0.251 e. The second-order valence-electron chi connectivity index (χ2n) is 7.09. The van der Waals surface area contributed by atoms with Gasteiger partial charge in [-0.3, -0.25) is 9.59 Å². The van der Waals surface area contributed by atoms with E-state index in [2.05, 4.69) is 29.8 Å². The summed E-state index contributed by atoms with van der Waals surface area (Å²) in [4.78, 5) is 24.2. The molecule has 2 amide bonds. The van der Waals surface area contributed by atoms with E-state index in [9.17, 15) is 9.59 Å². The number of rotatable bonds is 10. The van der Waals surface area contributed by atoms with Crippen molar-refractivity contribution in [1.29, 1.82) is 0 Å². The van der Waals surface area contributed by atoms with Crippen LogP contribution >= 0.6 is 0 Å². The number of unbranched alkanes of at least 4 members (excludes halogenated alkanes) is 3. The van der Waals surface area contributed by atoms with Crippen LogP contribution in [0.15, 0.2) is 42.5 Å². The van der Waals surface area contributed by atoms with Gasteiger partial charge in [-0.25, -0.2) is 0 Å². The second kappa shape index (κ2) is 11.1. The monoisotopic (exact) mass is 381 g/mol. The fraction of sp³-hybridized carbons (Fsp3) is 0.391. The quantitative estimate of drug-likeness (QED) is 0.524. The predicted molar refractivity (Wildman–Crippen MR) is 116 cm³/mol. The largest absolute Gasteiger partial charge is 0.376 e. The summed E-state index contributed by atoms with van der Waals surface area (Å²) in [6.07, 6.45) is 4.52. The molecule has 3 N–H and O–H groups in total. The van der Waals surface area contributed by atoms with Crippen molar-refractivity contribution in [3.05, 3.63) is 59.2 Å². The predicted octanol–water partition coefficient (Wildman–Crippen LogP) is 4.66. The summed E-state index contributed by atoms with van der Waals surface area (Å²) in [6, 6.07) is 13.0. The van der Waals surface area contributed by atoms with Crippen LogP contribution in [0.25, 0.3) is 0 Å². The molecule has 5 heteroatoms. The highest BCUT2D eigenvalue weighted by molar-refractivity contribution is 5.96. The molecule has 0 aliphatic carbocycles. The van der Waals surface area contributed by atoms with Gasteiger partial charge >= 0.3 is 0 Å². The van der Waals surface area contributed by atoms with Crippen LogP contribution in [-0.4, -0.2) is 24.9 Å². The van der Waals surface area contributed by atoms with E-state index in [0.29, 0.717) is 17.8 Å². The zero-order valence-corrected chi connectivity index (χ0v) is 17.1. The van der Waals surface area contributed by atoms with Crippen molar-refractivity contribution in [2.24, 2.45) is 0 Å². The summed E-state index contributed by atoms with van der Waals surface area (Å²) in [5.74, 6) is -0.211. The molecule has 0 spiro atoms. The van der Waals surface area contributed by atoms with Crippen molar-refractivity contribution < 1.29 is 9.59 Å². The zero-order valence-electron chi connectivity index (χ0n) is 17.1. The van der Waals surface area contributed by atoms with Crippen molar-refractivity contribution in [3.8, 4) is 0 Å². The Morgan fingerprint density at radius 2 is 1.57 bits per heavy atom. The molecule has 0 saturated carbocycles. The minimum Gasteiger partial charge on any atom is -0.376 e. The number of carbonyl (C=O) groups excluding carboxylic acids is 2. The van der Waals surface area contributed by atoms with Crippen LogP contribution in [0.5, 0.6) is 0 Å². The zero-order chi connectivity index (χ0) is 20.4. The Morgan fingerprint density at radius 1 is 0.857 bits per heavy atom. The highest BCUT2D eigenvalue weighted by Gasteiger charge is 2.07. The van der Waals surface area contributed by atoms with Crippen molar-refractivity contribution in [2.45, 2.75) is 46.5 Å². The van der Waals surface area contributed by atoms with Gasteiger partial charge in [0.1, 0.15) is 0 Å². The first-order valence-corrected chi connectivity index (χ1v) is 9.99. The SMILES string of the molecule is CCCCCCNC(=O)c1ccc(NC(=O)CNc2ccc(C)c(C)c2)cc1. The fourth-order valence-corrected chi connectivity index (χ4v) is 2.80. The summed E-state index contributed by atoms with van der Waals surface area (Å²) in [7, 11) is 0. The molecule has 2 rings (SSSR count). The molecule has 0 atom stereocenters. The summed E-state index contributed by atoms with van der Waals surface area (Å²) < 4.78 is 0. The lowest BCUT2D eigenvalue weighted by molar-refractivity contribution is -0.114. The lowest BCUT2D eigenvalue weighted by atomic mass is 10.1. The Kier molecular flexibility index (Phi) is 8.53. The molecule has 0 radical (unpaired) electrons. The first-order chi connectivity index (χ1) is 13.5. The maximum atomic E-state index is 12.1. The molecule has 5 nitrogen and oxygen atoms in total. The Morgan fingerprint density at radius 3 is 2.25 bits per heavy atom. The summed E-state index contributed by atoms with van der Waals surface area (Å²) >= 11 is 0. The van der Waals surface area contributed by atoms with Gasteiger partial charge in [-0.15, -0.1) is 0 Å². The van der Waals surface area contributed by atoms with Gasteiger partial charge in [0, 0.05) is 23.5 Å². The Balaban J connectivity index is 1.77. The van der Waals surface area contributed by atoms with Gasteiger partial charge in [0.2, 0.25) is 5.91 Å². The first kappa shape index (κ1) is 21.5. The molecule has 0 bridgehead atoms. The normalized spacial score (nSPS) is 10.4. The molecular weight excluding hydrogens is 350 g/mol. The van der Waals surface area contributed by atoms with Gasteiger partial charge in [0.15, 0.2) is 0 Å². The highest BCUT2D eigenvalue weighted by atomic mass is 16.2. The molecule has 0 aromatic heterocycles. The molecule has 0 aliphatic rings. The minimum atomic E-state index is -0.133. The number of nitrogens with one attached hydrogen (secondary N) is 3. The van der Waals surface area contributed by atoms with E-state index in [4.69, 9.17) is 0 Å². The molecule has 150 valence electrons. The average Bonchev–Trinajstić information content (AvgIpc) is 2.69. The highest BCUT2D eigenvalue weighted by Crippen LogP contribution is 2.14. The number of aryl methyl sites for hydroxylation is 2. The minimum absolute atomic E-state index is 0.0780. The van der Waals surface area contributed by atoms with Gasteiger partial charge in [-0.05, 0) is 67.8 Å². The van der Waals surface area contributed by atoms with Gasteiger partial charge in [0.05, 0.1) is 6.54 Å². The van der Waals surface area contributed by atoms with Crippen LogP contribution in [0.2, 0.25) is 0 Å². The molecule has 0 saturated heterocycles. The van der Waals surface area contributed by atoms with E-state index >= 15 is 0 Å². The topological polar surface area (TPSA) is 70.2 Å². The second-order valence-corrected chi connectivity index (χ2v) is 7.09. The van der Waals surface area contributed by atoms with Gasteiger partial charge in [-0.1, -0.05) is 32.3 Å². The van der Waals surface area contributed by atoms with Gasteiger partial charge in [-0.2, -0.15) is 0 Å². The van der Waals surface area contributed by atoms with Gasteiger partial charge < -0.3 is 16.0 Å². The molecular formula is C23H31N3O2. The summed E-state index contributed by atoms with van der Waals surface area (Å²) in [6.45, 7) is 7.15. The standard InChI is InChI=1S/C23H31N3O2/c1-4-5-6-7-14-24-23(28)19-9-12-20(13-10-19)26-22(27)16-25-21-11-8-17(2)18(3)15-21/h8-13,15,25H,4-7,14,16H2,1-3H3,(H,24,28)(H,26,27). The van der Waals surface area contributed by atoms with Crippen LogP contribution in [0.3, 0.4) is 0 Å². The van der Waals surface area contributed by atoms with Crippen molar-refractivity contribution >= 4 is 23.2 Å². The molecule has 0 fully saturated rings. The third-order valence-corrected chi connectivity index (χ3v) is 4.71. The molecule has 0 heterocycles. The average molecular weight is 382 g/mol. The van der Waals surface area contributed by atoms with E-state index in [1.165, 1.54) is 24.0 Å².